The number of sulfone groups is 1. The topological polar surface area (TPSA) is 127 Å². The second-order valence-corrected chi connectivity index (χ2v) is 9.55. The van der Waals surface area contributed by atoms with E-state index in [9.17, 15) is 18.0 Å². The number of esters is 1. The van der Waals surface area contributed by atoms with Crippen LogP contribution in [0.25, 0.3) is 0 Å². The van der Waals surface area contributed by atoms with E-state index in [0.29, 0.717) is 17.1 Å². The molecule has 0 saturated carbocycles. The van der Waals surface area contributed by atoms with Crippen molar-refractivity contribution in [2.75, 3.05) is 12.4 Å². The van der Waals surface area contributed by atoms with Gasteiger partial charge >= 0.3 is 5.97 Å². The molecule has 0 fully saturated rings. The Hall–Kier alpha value is -3.37. The summed E-state index contributed by atoms with van der Waals surface area (Å²) in [5, 5.41) is 2.82. The number of aromatic amines is 1. The van der Waals surface area contributed by atoms with Crippen LogP contribution in [0, 0.1) is 6.92 Å². The third-order valence-corrected chi connectivity index (χ3v) is 6.78. The molecule has 1 aromatic heterocycles. The zero-order valence-corrected chi connectivity index (χ0v) is 18.6. The first-order valence-electron chi connectivity index (χ1n) is 9.42. The summed E-state index contributed by atoms with van der Waals surface area (Å²) in [6.07, 6.45) is 3.15. The van der Waals surface area contributed by atoms with Gasteiger partial charge in [0.1, 0.15) is 22.2 Å². The summed E-state index contributed by atoms with van der Waals surface area (Å²) in [5.74, 6) is -0.690. The van der Waals surface area contributed by atoms with Crippen LogP contribution in [-0.4, -0.2) is 37.4 Å². The number of halogens is 1. The van der Waals surface area contributed by atoms with Gasteiger partial charge in [-0.3, -0.25) is 4.79 Å². The van der Waals surface area contributed by atoms with Crippen molar-refractivity contribution in [3.05, 3.63) is 64.2 Å². The molecule has 166 valence electrons. The Morgan fingerprint density at radius 3 is 2.72 bits per heavy atom. The van der Waals surface area contributed by atoms with Crippen LogP contribution in [0.4, 0.5) is 5.69 Å². The van der Waals surface area contributed by atoms with Gasteiger partial charge in [0.25, 0.3) is 0 Å². The number of benzene rings is 2. The van der Waals surface area contributed by atoms with Crippen LogP contribution in [0.5, 0.6) is 11.5 Å². The number of nitrogens with zero attached hydrogens (tertiary/aromatic N) is 1. The predicted molar refractivity (Wildman–Crippen MR) is 116 cm³/mol. The zero-order valence-electron chi connectivity index (χ0n) is 17.1. The Morgan fingerprint density at radius 1 is 1.25 bits per heavy atom. The summed E-state index contributed by atoms with van der Waals surface area (Å²) in [6, 6.07) is 5.70. The molecule has 4 rings (SSSR count). The largest absolute Gasteiger partial charge is 0.465 e. The number of aryl methyl sites for hydroxylation is 1. The molecule has 2 N–H and O–H groups in total. The molecule has 1 amide bonds. The Balaban J connectivity index is 1.71. The average molecular weight is 476 g/mol. The Kier molecular flexibility index (Phi) is 5.66. The number of aromatic nitrogens is 2. The van der Waals surface area contributed by atoms with Crippen LogP contribution in [0.3, 0.4) is 0 Å². The summed E-state index contributed by atoms with van der Waals surface area (Å²) in [7, 11) is -2.69. The number of methoxy groups -OCH3 is 1. The fourth-order valence-electron chi connectivity index (χ4n) is 3.42. The van der Waals surface area contributed by atoms with E-state index in [0.717, 1.165) is 0 Å². The maximum Gasteiger partial charge on any atom is 0.337 e. The van der Waals surface area contributed by atoms with Crippen LogP contribution in [0.1, 0.15) is 27.3 Å². The molecular formula is C21H18ClN3O6S. The number of rotatable bonds is 4. The van der Waals surface area contributed by atoms with Crippen LogP contribution < -0.4 is 10.1 Å². The number of anilines is 1. The van der Waals surface area contributed by atoms with Gasteiger partial charge in [-0.05, 0) is 36.8 Å². The number of fused-ring (bicyclic) bond motifs is 2. The maximum atomic E-state index is 13.2. The van der Waals surface area contributed by atoms with Crippen molar-refractivity contribution >= 4 is 39.0 Å². The highest BCUT2D eigenvalue weighted by Crippen LogP contribution is 2.44. The fourth-order valence-corrected chi connectivity index (χ4v) is 5.27. The first-order chi connectivity index (χ1) is 15.2. The van der Waals surface area contributed by atoms with Crippen molar-refractivity contribution in [2.24, 2.45) is 0 Å². The minimum Gasteiger partial charge on any atom is -0.465 e. The number of nitrogens with one attached hydrogen (secondary N) is 2. The summed E-state index contributed by atoms with van der Waals surface area (Å²) in [5.41, 5.74) is 1.13. The van der Waals surface area contributed by atoms with Crippen molar-refractivity contribution in [1.82, 2.24) is 9.97 Å². The standard InChI is InChI=1S/C21H18ClN3O6S/c1-11-5-12(21(27)30-2)7-16-19(11)31-20-13(10-32(16,28)29)6-14(8-15(20)22)25-18(26)9-17-23-3-4-24-17/h3-8H,9-10H2,1-2H3,(H,23,24)(H,25,26). The molecule has 3 aromatic rings. The lowest BCUT2D eigenvalue weighted by atomic mass is 10.1. The monoisotopic (exact) mass is 475 g/mol. The molecule has 0 saturated heterocycles. The van der Waals surface area contributed by atoms with Gasteiger partial charge in [-0.1, -0.05) is 11.6 Å². The minimum absolute atomic E-state index is 0.0114. The lowest BCUT2D eigenvalue weighted by molar-refractivity contribution is -0.115. The summed E-state index contributed by atoms with van der Waals surface area (Å²) >= 11 is 6.40. The summed E-state index contributed by atoms with van der Waals surface area (Å²) in [4.78, 5) is 31.0. The van der Waals surface area contributed by atoms with Crippen molar-refractivity contribution in [3.8, 4) is 11.5 Å². The van der Waals surface area contributed by atoms with E-state index in [1.807, 2.05) is 0 Å². The van der Waals surface area contributed by atoms with Gasteiger partial charge in [0.05, 0.1) is 29.9 Å². The molecule has 0 radical (unpaired) electrons. The number of carbonyl (C=O) groups is 2. The highest BCUT2D eigenvalue weighted by molar-refractivity contribution is 7.90. The molecule has 0 atom stereocenters. The van der Waals surface area contributed by atoms with E-state index < -0.39 is 21.6 Å². The molecule has 0 aliphatic carbocycles. The quantitative estimate of drug-likeness (QED) is 0.553. The minimum atomic E-state index is -3.90. The number of carbonyl (C=O) groups excluding carboxylic acids is 2. The lowest BCUT2D eigenvalue weighted by Crippen LogP contribution is -2.15. The zero-order chi connectivity index (χ0) is 23.0. The van der Waals surface area contributed by atoms with Crippen LogP contribution in [0.2, 0.25) is 5.02 Å². The first-order valence-corrected chi connectivity index (χ1v) is 11.4. The van der Waals surface area contributed by atoms with Gasteiger partial charge in [-0.2, -0.15) is 0 Å². The van der Waals surface area contributed by atoms with Crippen molar-refractivity contribution in [1.29, 1.82) is 0 Å². The fraction of sp³-hybridized carbons (Fsp3) is 0.190. The first kappa shape index (κ1) is 21.8. The van der Waals surface area contributed by atoms with Crippen molar-refractivity contribution in [3.63, 3.8) is 0 Å². The molecule has 0 unspecified atom stereocenters. The number of H-pyrrole nitrogens is 1. The molecule has 1 aliphatic rings. The number of ether oxygens (including phenoxy) is 2. The number of hydrogen-bond donors (Lipinski definition) is 2. The van der Waals surface area contributed by atoms with Gasteiger partial charge in [-0.15, -0.1) is 0 Å². The summed E-state index contributed by atoms with van der Waals surface area (Å²) < 4.78 is 36.9. The van der Waals surface area contributed by atoms with Gasteiger partial charge in [-0.25, -0.2) is 18.2 Å². The second-order valence-electron chi connectivity index (χ2n) is 7.18. The lowest BCUT2D eigenvalue weighted by Gasteiger charge is -2.14. The molecule has 0 bridgehead atoms. The SMILES string of the molecule is COC(=O)c1cc(C)c2c(c1)S(=O)(=O)Cc1cc(NC(=O)Cc3ncc[nH]3)cc(Cl)c1O2. The van der Waals surface area contributed by atoms with E-state index in [-0.39, 0.29) is 44.9 Å². The molecule has 32 heavy (non-hydrogen) atoms. The van der Waals surface area contributed by atoms with E-state index in [1.165, 1.54) is 37.6 Å². The number of hydrogen-bond acceptors (Lipinski definition) is 7. The molecule has 9 nitrogen and oxygen atoms in total. The van der Waals surface area contributed by atoms with Gasteiger partial charge in [0.15, 0.2) is 9.84 Å². The molecule has 0 spiro atoms. The molecule has 1 aliphatic heterocycles. The van der Waals surface area contributed by atoms with Crippen LogP contribution in [-0.2, 0) is 31.5 Å². The van der Waals surface area contributed by atoms with Gasteiger partial charge in [0, 0.05) is 23.6 Å². The van der Waals surface area contributed by atoms with Gasteiger partial charge < -0.3 is 19.8 Å². The highest BCUT2D eigenvalue weighted by atomic mass is 35.5. The number of amides is 1. The third kappa shape index (κ3) is 4.19. The smallest absolute Gasteiger partial charge is 0.337 e. The van der Waals surface area contributed by atoms with E-state index in [1.54, 1.807) is 13.1 Å². The maximum absolute atomic E-state index is 13.2. The van der Waals surface area contributed by atoms with Crippen LogP contribution >= 0.6 is 11.6 Å². The van der Waals surface area contributed by atoms with Crippen LogP contribution in [0.15, 0.2) is 41.6 Å². The molecular weight excluding hydrogens is 458 g/mol. The molecule has 11 heteroatoms. The predicted octanol–water partition coefficient (Wildman–Crippen LogP) is 3.42. The summed E-state index contributed by atoms with van der Waals surface area (Å²) in [6.45, 7) is 1.63. The second kappa shape index (κ2) is 8.29. The van der Waals surface area contributed by atoms with E-state index in [2.05, 4.69) is 15.3 Å². The number of imidazole rings is 1. The average Bonchev–Trinajstić information content (AvgIpc) is 3.18. The molecule has 2 heterocycles. The van der Waals surface area contributed by atoms with E-state index >= 15 is 0 Å². The van der Waals surface area contributed by atoms with Crippen molar-refractivity contribution in [2.45, 2.75) is 24.0 Å². The van der Waals surface area contributed by atoms with E-state index in [4.69, 9.17) is 21.1 Å². The highest BCUT2D eigenvalue weighted by Gasteiger charge is 2.31. The van der Waals surface area contributed by atoms with Gasteiger partial charge in [0.2, 0.25) is 5.91 Å². The van der Waals surface area contributed by atoms with Crippen molar-refractivity contribution < 1.29 is 27.5 Å². The Bertz CT molecular complexity index is 1340. The third-order valence-electron chi connectivity index (χ3n) is 4.83. The molecule has 2 aromatic carbocycles. The Morgan fingerprint density at radius 2 is 2.03 bits per heavy atom. The Labute approximate surface area is 188 Å². The normalized spacial score (nSPS) is 13.8.